The molecule has 1 aliphatic rings. The second kappa shape index (κ2) is 6.21. The zero-order valence-electron chi connectivity index (χ0n) is 14.0. The summed E-state index contributed by atoms with van der Waals surface area (Å²) < 4.78 is 5.89. The summed E-state index contributed by atoms with van der Waals surface area (Å²) in [5, 5.41) is 0. The Morgan fingerprint density at radius 3 is 2.72 bits per heavy atom. The van der Waals surface area contributed by atoms with Crippen LogP contribution in [0.5, 0.6) is 0 Å². The molecular formula is C17H20N6O2. The standard InChI is InChI=1S/C17H20N6O2/c1-11(16-20-12-4-2-3-5-14(12)25-16)22-6-8-23(9-7-22)13-10-19-17(24)21-15(13)18/h2-5,10-11H,6-9H2,1H3,(H3,18,19,21,24). The van der Waals surface area contributed by atoms with Crippen LogP contribution in [-0.4, -0.2) is 46.0 Å². The number of para-hydroxylation sites is 2. The van der Waals surface area contributed by atoms with Gasteiger partial charge in [-0.3, -0.25) is 9.88 Å². The van der Waals surface area contributed by atoms with E-state index in [1.165, 1.54) is 6.20 Å². The first-order valence-electron chi connectivity index (χ1n) is 8.31. The number of oxazole rings is 1. The summed E-state index contributed by atoms with van der Waals surface area (Å²) in [5.74, 6) is 1.10. The predicted molar refractivity (Wildman–Crippen MR) is 95.5 cm³/mol. The molecule has 0 aliphatic carbocycles. The molecule has 3 heterocycles. The highest BCUT2D eigenvalue weighted by Gasteiger charge is 2.26. The second-order valence-corrected chi connectivity index (χ2v) is 6.21. The zero-order chi connectivity index (χ0) is 17.4. The van der Waals surface area contributed by atoms with E-state index in [2.05, 4.69) is 31.7 Å². The van der Waals surface area contributed by atoms with Crippen LogP contribution in [0.3, 0.4) is 0 Å². The summed E-state index contributed by atoms with van der Waals surface area (Å²) in [6.45, 7) is 5.39. The van der Waals surface area contributed by atoms with Gasteiger partial charge in [-0.15, -0.1) is 0 Å². The number of rotatable bonds is 3. The molecule has 0 amide bonds. The Hall–Kier alpha value is -2.87. The number of aromatic nitrogens is 3. The molecule has 0 spiro atoms. The average Bonchev–Trinajstić information content (AvgIpc) is 3.05. The lowest BCUT2D eigenvalue weighted by Gasteiger charge is -2.38. The Morgan fingerprint density at radius 2 is 2.00 bits per heavy atom. The summed E-state index contributed by atoms with van der Waals surface area (Å²) in [7, 11) is 0. The van der Waals surface area contributed by atoms with Crippen molar-refractivity contribution in [2.75, 3.05) is 36.8 Å². The number of nitrogen functional groups attached to an aromatic ring is 1. The molecule has 1 atom stereocenters. The van der Waals surface area contributed by atoms with Crippen molar-refractivity contribution >= 4 is 22.6 Å². The van der Waals surface area contributed by atoms with Gasteiger partial charge >= 0.3 is 5.69 Å². The van der Waals surface area contributed by atoms with Crippen LogP contribution >= 0.6 is 0 Å². The van der Waals surface area contributed by atoms with Crippen molar-refractivity contribution in [1.82, 2.24) is 19.9 Å². The molecule has 1 unspecified atom stereocenters. The number of nitrogens with one attached hydrogen (secondary N) is 1. The van der Waals surface area contributed by atoms with E-state index in [0.717, 1.165) is 48.9 Å². The maximum atomic E-state index is 11.2. The monoisotopic (exact) mass is 340 g/mol. The number of piperazine rings is 1. The van der Waals surface area contributed by atoms with Gasteiger partial charge in [0.05, 0.1) is 17.9 Å². The fraction of sp³-hybridized carbons (Fsp3) is 0.353. The SMILES string of the molecule is CC(c1nc2ccccc2o1)N1CCN(c2cnc(=O)[nH]c2N)CC1. The Labute approximate surface area is 144 Å². The van der Waals surface area contributed by atoms with Crippen LogP contribution in [0.1, 0.15) is 18.9 Å². The number of benzene rings is 1. The Morgan fingerprint density at radius 1 is 1.24 bits per heavy atom. The molecule has 1 aromatic carbocycles. The van der Waals surface area contributed by atoms with Crippen molar-refractivity contribution in [3.63, 3.8) is 0 Å². The van der Waals surface area contributed by atoms with Crippen molar-refractivity contribution in [3.8, 4) is 0 Å². The maximum Gasteiger partial charge on any atom is 0.346 e. The van der Waals surface area contributed by atoms with Crippen molar-refractivity contribution in [2.24, 2.45) is 0 Å². The van der Waals surface area contributed by atoms with E-state index in [9.17, 15) is 4.79 Å². The summed E-state index contributed by atoms with van der Waals surface area (Å²) in [5.41, 5.74) is 7.95. The van der Waals surface area contributed by atoms with Crippen molar-refractivity contribution in [1.29, 1.82) is 0 Å². The molecule has 130 valence electrons. The molecule has 0 saturated carbocycles. The number of nitrogens with zero attached hydrogens (tertiary/aromatic N) is 4. The first kappa shape index (κ1) is 15.6. The summed E-state index contributed by atoms with van der Waals surface area (Å²) in [6.07, 6.45) is 1.54. The lowest BCUT2D eigenvalue weighted by molar-refractivity contribution is 0.175. The van der Waals surface area contributed by atoms with Gasteiger partial charge < -0.3 is 15.1 Å². The molecule has 4 rings (SSSR count). The minimum atomic E-state index is -0.426. The van der Waals surface area contributed by atoms with Crippen molar-refractivity contribution < 1.29 is 4.42 Å². The van der Waals surface area contributed by atoms with Crippen LogP contribution in [0.4, 0.5) is 11.5 Å². The number of nitrogens with two attached hydrogens (primary N) is 1. The van der Waals surface area contributed by atoms with E-state index >= 15 is 0 Å². The lowest BCUT2D eigenvalue weighted by atomic mass is 10.2. The van der Waals surface area contributed by atoms with Gasteiger partial charge in [0.15, 0.2) is 5.58 Å². The molecular weight excluding hydrogens is 320 g/mol. The molecule has 0 bridgehead atoms. The molecule has 1 fully saturated rings. The molecule has 25 heavy (non-hydrogen) atoms. The molecule has 8 nitrogen and oxygen atoms in total. The average molecular weight is 340 g/mol. The molecule has 1 aliphatic heterocycles. The Balaban J connectivity index is 1.46. The molecule has 3 aromatic rings. The third-order valence-electron chi connectivity index (χ3n) is 4.69. The van der Waals surface area contributed by atoms with Gasteiger partial charge in [-0.2, -0.15) is 4.98 Å². The summed E-state index contributed by atoms with van der Waals surface area (Å²) in [6, 6.07) is 7.89. The first-order chi connectivity index (χ1) is 12.1. The number of fused-ring (bicyclic) bond motifs is 1. The van der Waals surface area contributed by atoms with E-state index in [-0.39, 0.29) is 6.04 Å². The smallest absolute Gasteiger partial charge is 0.346 e. The van der Waals surface area contributed by atoms with Crippen molar-refractivity contribution in [2.45, 2.75) is 13.0 Å². The predicted octanol–water partition coefficient (Wildman–Crippen LogP) is 1.38. The second-order valence-electron chi connectivity index (χ2n) is 6.21. The normalized spacial score (nSPS) is 17.1. The van der Waals surface area contributed by atoms with Crippen LogP contribution in [0.25, 0.3) is 11.1 Å². The van der Waals surface area contributed by atoms with Gasteiger partial charge in [0.1, 0.15) is 11.3 Å². The summed E-state index contributed by atoms with van der Waals surface area (Å²) >= 11 is 0. The van der Waals surface area contributed by atoms with Crippen LogP contribution in [0.15, 0.2) is 39.7 Å². The topological polar surface area (TPSA) is 104 Å². The fourth-order valence-corrected chi connectivity index (χ4v) is 3.23. The molecule has 0 radical (unpaired) electrons. The van der Waals surface area contributed by atoms with Crippen LogP contribution in [0, 0.1) is 0 Å². The zero-order valence-corrected chi connectivity index (χ0v) is 14.0. The van der Waals surface area contributed by atoms with Gasteiger partial charge in [-0.1, -0.05) is 12.1 Å². The fourth-order valence-electron chi connectivity index (χ4n) is 3.23. The minimum absolute atomic E-state index is 0.0978. The Bertz CT molecular complexity index is 908. The van der Waals surface area contributed by atoms with E-state index in [4.69, 9.17) is 10.2 Å². The highest BCUT2D eigenvalue weighted by molar-refractivity contribution is 5.72. The molecule has 2 aromatic heterocycles. The highest BCUT2D eigenvalue weighted by atomic mass is 16.3. The Kier molecular flexibility index (Phi) is 3.89. The number of hydrogen-bond acceptors (Lipinski definition) is 7. The van der Waals surface area contributed by atoms with Crippen LogP contribution < -0.4 is 16.3 Å². The lowest BCUT2D eigenvalue weighted by Crippen LogP contribution is -2.47. The van der Waals surface area contributed by atoms with E-state index in [1.807, 2.05) is 24.3 Å². The number of anilines is 2. The maximum absolute atomic E-state index is 11.2. The summed E-state index contributed by atoms with van der Waals surface area (Å²) in [4.78, 5) is 26.6. The highest BCUT2D eigenvalue weighted by Crippen LogP contribution is 2.26. The molecule has 8 heteroatoms. The largest absolute Gasteiger partial charge is 0.439 e. The van der Waals surface area contributed by atoms with Crippen LogP contribution in [0.2, 0.25) is 0 Å². The van der Waals surface area contributed by atoms with Gasteiger partial charge in [0.2, 0.25) is 5.89 Å². The van der Waals surface area contributed by atoms with E-state index < -0.39 is 5.69 Å². The molecule has 1 saturated heterocycles. The quantitative estimate of drug-likeness (QED) is 0.742. The van der Waals surface area contributed by atoms with Crippen LogP contribution in [-0.2, 0) is 0 Å². The number of H-pyrrole nitrogens is 1. The van der Waals surface area contributed by atoms with E-state index in [0.29, 0.717) is 5.82 Å². The molecule has 3 N–H and O–H groups in total. The van der Waals surface area contributed by atoms with E-state index in [1.54, 1.807) is 0 Å². The first-order valence-corrected chi connectivity index (χ1v) is 8.31. The van der Waals surface area contributed by atoms with Gasteiger partial charge in [0, 0.05) is 26.2 Å². The third-order valence-corrected chi connectivity index (χ3v) is 4.69. The number of aromatic amines is 1. The van der Waals surface area contributed by atoms with Gasteiger partial charge in [-0.25, -0.2) is 9.78 Å². The van der Waals surface area contributed by atoms with Crippen molar-refractivity contribution in [3.05, 3.63) is 46.8 Å². The third kappa shape index (κ3) is 2.96. The number of hydrogen-bond donors (Lipinski definition) is 2. The minimum Gasteiger partial charge on any atom is -0.439 e. The van der Waals surface area contributed by atoms with Gasteiger partial charge in [0.25, 0.3) is 0 Å². The van der Waals surface area contributed by atoms with Gasteiger partial charge in [-0.05, 0) is 19.1 Å².